The quantitative estimate of drug-likeness (QED) is 0.842. The van der Waals surface area contributed by atoms with Gasteiger partial charge in [0.15, 0.2) is 0 Å². The number of benzene rings is 1. The van der Waals surface area contributed by atoms with Crippen LogP contribution >= 0.6 is 0 Å². The molecule has 0 saturated carbocycles. The summed E-state index contributed by atoms with van der Waals surface area (Å²) in [5.74, 6) is 0. The number of halogens is 1. The number of rotatable bonds is 3. The van der Waals surface area contributed by atoms with E-state index in [1.54, 1.807) is 0 Å². The zero-order chi connectivity index (χ0) is 11.4. The Labute approximate surface area is 96.5 Å². The molecular formula is C13H19FN2. The molecule has 2 nitrogen and oxygen atoms in total. The zero-order valence-corrected chi connectivity index (χ0v) is 9.75. The Bertz CT molecular complexity index is 334. The van der Waals surface area contributed by atoms with E-state index >= 15 is 0 Å². The molecule has 1 saturated heterocycles. The van der Waals surface area contributed by atoms with Crippen LogP contribution in [0.5, 0.6) is 0 Å². The molecule has 1 aliphatic rings. The number of piperazine rings is 1. The molecule has 0 aliphatic carbocycles. The van der Waals surface area contributed by atoms with E-state index in [1.807, 2.05) is 18.2 Å². The largest absolute Gasteiger partial charge is 0.314 e. The van der Waals surface area contributed by atoms with E-state index < -0.39 is 0 Å². The summed E-state index contributed by atoms with van der Waals surface area (Å²) in [6.07, 6.45) is 0. The van der Waals surface area contributed by atoms with Crippen LogP contribution in [-0.4, -0.2) is 31.1 Å². The second-order valence-electron chi connectivity index (χ2n) is 4.34. The van der Waals surface area contributed by atoms with Crippen LogP contribution in [0.3, 0.4) is 0 Å². The lowest BCUT2D eigenvalue weighted by atomic mass is 10.0. The van der Waals surface area contributed by atoms with Crippen LogP contribution in [0.15, 0.2) is 24.3 Å². The fourth-order valence-electron chi connectivity index (χ4n) is 2.22. The minimum atomic E-state index is -0.373. The molecule has 1 aromatic carbocycles. The summed E-state index contributed by atoms with van der Waals surface area (Å²) in [7, 11) is 0. The van der Waals surface area contributed by atoms with E-state index in [9.17, 15) is 4.39 Å². The Morgan fingerprint density at radius 3 is 2.81 bits per heavy atom. The second-order valence-corrected chi connectivity index (χ2v) is 4.34. The maximum absolute atomic E-state index is 12.6. The lowest BCUT2D eigenvalue weighted by Gasteiger charge is -2.33. The van der Waals surface area contributed by atoms with Gasteiger partial charge in [0, 0.05) is 32.2 Å². The van der Waals surface area contributed by atoms with Crippen LogP contribution in [0, 0.1) is 0 Å². The third kappa shape index (κ3) is 2.60. The number of nitrogens with one attached hydrogen (secondary N) is 1. The average Bonchev–Trinajstić information content (AvgIpc) is 2.39. The SMILES string of the molecule is CC(c1cccc(CF)c1)N1CCNCC1. The fraction of sp³-hybridized carbons (Fsp3) is 0.538. The first kappa shape index (κ1) is 11.6. The van der Waals surface area contributed by atoms with Crippen molar-refractivity contribution in [2.45, 2.75) is 19.6 Å². The highest BCUT2D eigenvalue weighted by atomic mass is 19.1. The van der Waals surface area contributed by atoms with Crippen molar-refractivity contribution in [1.29, 1.82) is 0 Å². The minimum Gasteiger partial charge on any atom is -0.314 e. The Kier molecular flexibility index (Phi) is 3.91. The minimum absolute atomic E-state index is 0.373. The van der Waals surface area contributed by atoms with Gasteiger partial charge in [-0.25, -0.2) is 4.39 Å². The molecule has 1 N–H and O–H groups in total. The van der Waals surface area contributed by atoms with Crippen molar-refractivity contribution in [2.24, 2.45) is 0 Å². The molecule has 1 atom stereocenters. The van der Waals surface area contributed by atoms with Gasteiger partial charge in [-0.1, -0.05) is 24.3 Å². The predicted molar refractivity (Wildman–Crippen MR) is 64.1 cm³/mol. The molecule has 1 unspecified atom stereocenters. The highest BCUT2D eigenvalue weighted by Gasteiger charge is 2.17. The molecule has 1 aromatic rings. The molecule has 0 radical (unpaired) electrons. The summed E-state index contributed by atoms with van der Waals surface area (Å²) in [5.41, 5.74) is 2.00. The maximum atomic E-state index is 12.6. The molecule has 1 aliphatic heterocycles. The van der Waals surface area contributed by atoms with Crippen LogP contribution in [-0.2, 0) is 6.67 Å². The zero-order valence-electron chi connectivity index (χ0n) is 9.75. The van der Waals surface area contributed by atoms with Crippen LogP contribution < -0.4 is 5.32 Å². The standard InChI is InChI=1S/C13H19FN2/c1-11(16-7-5-15-6-8-16)13-4-2-3-12(9-13)10-14/h2-4,9,11,15H,5-8,10H2,1H3. The maximum Gasteiger partial charge on any atom is 0.115 e. The molecule has 0 aromatic heterocycles. The third-order valence-electron chi connectivity index (χ3n) is 3.29. The molecule has 0 bridgehead atoms. The van der Waals surface area contributed by atoms with Gasteiger partial charge in [0.05, 0.1) is 0 Å². The monoisotopic (exact) mass is 222 g/mol. The summed E-state index contributed by atoms with van der Waals surface area (Å²) >= 11 is 0. The first-order valence-electron chi connectivity index (χ1n) is 5.91. The summed E-state index contributed by atoms with van der Waals surface area (Å²) in [4.78, 5) is 2.44. The molecule has 3 heteroatoms. The molecule has 0 spiro atoms. The van der Waals surface area contributed by atoms with E-state index in [4.69, 9.17) is 0 Å². The van der Waals surface area contributed by atoms with Gasteiger partial charge in [0.25, 0.3) is 0 Å². The first-order chi connectivity index (χ1) is 7.81. The molecular weight excluding hydrogens is 203 g/mol. The Morgan fingerprint density at radius 2 is 2.12 bits per heavy atom. The van der Waals surface area contributed by atoms with Gasteiger partial charge >= 0.3 is 0 Å². The third-order valence-corrected chi connectivity index (χ3v) is 3.29. The first-order valence-corrected chi connectivity index (χ1v) is 5.91. The van der Waals surface area contributed by atoms with Crippen molar-refractivity contribution in [3.8, 4) is 0 Å². The van der Waals surface area contributed by atoms with Crippen molar-refractivity contribution in [3.05, 3.63) is 35.4 Å². The van der Waals surface area contributed by atoms with Gasteiger partial charge in [-0.2, -0.15) is 0 Å². The summed E-state index contributed by atoms with van der Waals surface area (Å²) < 4.78 is 12.6. The summed E-state index contributed by atoms with van der Waals surface area (Å²) in [6, 6.07) is 8.24. The van der Waals surface area contributed by atoms with Gasteiger partial charge in [-0.3, -0.25) is 4.90 Å². The lowest BCUT2D eigenvalue weighted by molar-refractivity contribution is 0.185. The van der Waals surface area contributed by atoms with Crippen LogP contribution in [0.2, 0.25) is 0 Å². The van der Waals surface area contributed by atoms with Gasteiger partial charge in [0.1, 0.15) is 6.67 Å². The van der Waals surface area contributed by atoms with Gasteiger partial charge < -0.3 is 5.32 Å². The van der Waals surface area contributed by atoms with Crippen LogP contribution in [0.4, 0.5) is 4.39 Å². The van der Waals surface area contributed by atoms with E-state index in [0.29, 0.717) is 6.04 Å². The number of alkyl halides is 1. The Morgan fingerprint density at radius 1 is 1.38 bits per heavy atom. The van der Waals surface area contributed by atoms with Crippen LogP contribution in [0.1, 0.15) is 24.1 Å². The van der Waals surface area contributed by atoms with Crippen LogP contribution in [0.25, 0.3) is 0 Å². The molecule has 1 heterocycles. The van der Waals surface area contributed by atoms with E-state index in [1.165, 1.54) is 5.56 Å². The molecule has 16 heavy (non-hydrogen) atoms. The van der Waals surface area contributed by atoms with Gasteiger partial charge in [-0.05, 0) is 18.1 Å². The number of hydrogen-bond donors (Lipinski definition) is 1. The number of nitrogens with zero attached hydrogens (tertiary/aromatic N) is 1. The van der Waals surface area contributed by atoms with Gasteiger partial charge in [0.2, 0.25) is 0 Å². The predicted octanol–water partition coefficient (Wildman–Crippen LogP) is 2.12. The second kappa shape index (κ2) is 5.41. The topological polar surface area (TPSA) is 15.3 Å². The van der Waals surface area contributed by atoms with Crippen molar-refractivity contribution >= 4 is 0 Å². The molecule has 2 rings (SSSR count). The molecule has 0 amide bonds. The van der Waals surface area contributed by atoms with E-state index in [2.05, 4.69) is 23.2 Å². The summed E-state index contributed by atoms with van der Waals surface area (Å²) in [6.45, 7) is 6.06. The normalized spacial score (nSPS) is 19.6. The van der Waals surface area contributed by atoms with Gasteiger partial charge in [-0.15, -0.1) is 0 Å². The number of hydrogen-bond acceptors (Lipinski definition) is 2. The lowest BCUT2D eigenvalue weighted by Crippen LogP contribution is -2.44. The highest BCUT2D eigenvalue weighted by molar-refractivity contribution is 5.25. The van der Waals surface area contributed by atoms with Crippen molar-refractivity contribution in [3.63, 3.8) is 0 Å². The van der Waals surface area contributed by atoms with Crippen molar-refractivity contribution in [1.82, 2.24) is 10.2 Å². The van der Waals surface area contributed by atoms with Crippen molar-refractivity contribution in [2.75, 3.05) is 26.2 Å². The van der Waals surface area contributed by atoms with E-state index in [-0.39, 0.29) is 6.67 Å². The van der Waals surface area contributed by atoms with E-state index in [0.717, 1.165) is 31.7 Å². The Balaban J connectivity index is 2.09. The highest BCUT2D eigenvalue weighted by Crippen LogP contribution is 2.21. The Hall–Kier alpha value is -0.930. The smallest absolute Gasteiger partial charge is 0.115 e. The average molecular weight is 222 g/mol. The fourth-order valence-corrected chi connectivity index (χ4v) is 2.22. The van der Waals surface area contributed by atoms with Crippen molar-refractivity contribution < 1.29 is 4.39 Å². The molecule has 88 valence electrons. The molecule has 1 fully saturated rings. The summed E-state index contributed by atoms with van der Waals surface area (Å²) in [5, 5.41) is 3.34.